The average molecular weight is 427 g/mol. The van der Waals surface area contributed by atoms with Gasteiger partial charge in [-0.05, 0) is 37.5 Å². The second kappa shape index (κ2) is 10.00. The predicted octanol–water partition coefficient (Wildman–Crippen LogP) is 4.58. The summed E-state index contributed by atoms with van der Waals surface area (Å²) in [5.74, 6) is 0.371. The first kappa shape index (κ1) is 22.2. The Balaban J connectivity index is 1.97. The lowest BCUT2D eigenvalue weighted by atomic mass is 10.2. The maximum Gasteiger partial charge on any atom is 0.253 e. The highest BCUT2D eigenvalue weighted by Gasteiger charge is 2.20. The molecule has 3 heterocycles. The number of carbonyl (C=O) groups excluding carboxylic acids is 1. The van der Waals surface area contributed by atoms with Crippen LogP contribution in [0.25, 0.3) is 22.0 Å². The van der Waals surface area contributed by atoms with Gasteiger partial charge in [0.05, 0.1) is 23.6 Å². The Labute approximate surface area is 182 Å². The van der Waals surface area contributed by atoms with Crippen molar-refractivity contribution >= 4 is 17.2 Å². The highest BCUT2D eigenvalue weighted by Crippen LogP contribution is 2.32. The van der Waals surface area contributed by atoms with Gasteiger partial charge in [0.1, 0.15) is 5.01 Å². The van der Waals surface area contributed by atoms with Gasteiger partial charge in [-0.1, -0.05) is 20.8 Å². The Hall–Kier alpha value is -2.51. The molecule has 0 atom stereocenters. The minimum atomic E-state index is -0.0783. The molecule has 6 nitrogen and oxygen atoms in total. The normalized spacial score (nSPS) is 11.3. The summed E-state index contributed by atoms with van der Waals surface area (Å²) >= 11 is 1.62. The van der Waals surface area contributed by atoms with E-state index in [2.05, 4.69) is 47.1 Å². The van der Waals surface area contributed by atoms with Crippen LogP contribution in [-0.2, 0) is 17.7 Å². The third kappa shape index (κ3) is 4.96. The molecule has 1 amide bonds. The molecular formula is C23H30N4O2S. The summed E-state index contributed by atoms with van der Waals surface area (Å²) in [5.41, 5.74) is 5.65. The van der Waals surface area contributed by atoms with Crippen LogP contribution in [-0.4, -0.2) is 40.7 Å². The number of carbonyl (C=O) groups is 1. The molecule has 3 aromatic heterocycles. The van der Waals surface area contributed by atoms with E-state index in [0.29, 0.717) is 24.6 Å². The molecule has 0 radical (unpaired) electrons. The van der Waals surface area contributed by atoms with Gasteiger partial charge in [-0.3, -0.25) is 9.78 Å². The van der Waals surface area contributed by atoms with Gasteiger partial charge >= 0.3 is 0 Å². The maximum atomic E-state index is 12.7. The van der Waals surface area contributed by atoms with E-state index < -0.39 is 0 Å². The molecule has 0 saturated heterocycles. The second-order valence-electron chi connectivity index (χ2n) is 7.71. The van der Waals surface area contributed by atoms with Gasteiger partial charge in [-0.25, -0.2) is 4.98 Å². The van der Waals surface area contributed by atoms with Crippen molar-refractivity contribution in [3.63, 3.8) is 0 Å². The number of rotatable bonds is 9. The van der Waals surface area contributed by atoms with Crippen LogP contribution in [0, 0.1) is 12.8 Å². The molecule has 0 fully saturated rings. The van der Waals surface area contributed by atoms with E-state index in [4.69, 9.17) is 9.72 Å². The number of ether oxygens (including phenoxy) is 1. The van der Waals surface area contributed by atoms with Crippen molar-refractivity contribution in [1.82, 2.24) is 19.9 Å². The zero-order valence-electron chi connectivity index (χ0n) is 18.4. The van der Waals surface area contributed by atoms with Crippen LogP contribution in [0.5, 0.6) is 0 Å². The largest absolute Gasteiger partial charge is 0.383 e. The molecule has 0 unspecified atom stereocenters. The monoisotopic (exact) mass is 426 g/mol. The van der Waals surface area contributed by atoms with Crippen molar-refractivity contribution in [3.05, 3.63) is 46.7 Å². The van der Waals surface area contributed by atoms with Gasteiger partial charge in [0, 0.05) is 48.7 Å². The zero-order valence-corrected chi connectivity index (χ0v) is 19.2. The second-order valence-corrected chi connectivity index (χ2v) is 8.57. The SMILES string of the molecule is CCc1cc(-c2nc(-c3cc(C(=O)NCCOC)c(C)n3CC(C)C)cs2)ccn1. The number of nitrogens with zero attached hydrogens (tertiary/aromatic N) is 3. The van der Waals surface area contributed by atoms with E-state index in [0.717, 1.165) is 46.3 Å². The molecule has 0 aromatic carbocycles. The van der Waals surface area contributed by atoms with E-state index in [-0.39, 0.29) is 5.91 Å². The van der Waals surface area contributed by atoms with Crippen LogP contribution in [0.1, 0.15) is 42.5 Å². The fraction of sp³-hybridized carbons (Fsp3) is 0.435. The minimum Gasteiger partial charge on any atom is -0.383 e. The maximum absolute atomic E-state index is 12.7. The van der Waals surface area contributed by atoms with Crippen LogP contribution in [0.4, 0.5) is 0 Å². The Kier molecular flexibility index (Phi) is 7.39. The van der Waals surface area contributed by atoms with E-state index in [1.165, 1.54) is 0 Å². The first-order valence-electron chi connectivity index (χ1n) is 10.3. The molecule has 0 spiro atoms. The highest BCUT2D eigenvalue weighted by molar-refractivity contribution is 7.13. The Morgan fingerprint density at radius 2 is 2.13 bits per heavy atom. The van der Waals surface area contributed by atoms with Crippen molar-refractivity contribution in [2.75, 3.05) is 20.3 Å². The van der Waals surface area contributed by atoms with Gasteiger partial charge in [0.2, 0.25) is 0 Å². The molecule has 3 aromatic rings. The van der Waals surface area contributed by atoms with Gasteiger partial charge in [0.15, 0.2) is 0 Å². The van der Waals surface area contributed by atoms with Crippen molar-refractivity contribution in [2.45, 2.75) is 40.7 Å². The number of nitrogens with one attached hydrogen (secondary N) is 1. The third-order valence-corrected chi connectivity index (χ3v) is 5.83. The highest BCUT2D eigenvalue weighted by atomic mass is 32.1. The zero-order chi connectivity index (χ0) is 21.7. The fourth-order valence-electron chi connectivity index (χ4n) is 3.38. The molecule has 30 heavy (non-hydrogen) atoms. The minimum absolute atomic E-state index is 0.0783. The molecule has 0 bridgehead atoms. The van der Waals surface area contributed by atoms with Crippen molar-refractivity contribution in [3.8, 4) is 22.0 Å². The van der Waals surface area contributed by atoms with Crippen molar-refractivity contribution in [2.24, 2.45) is 5.92 Å². The first-order valence-corrected chi connectivity index (χ1v) is 11.2. The van der Waals surface area contributed by atoms with Crippen molar-refractivity contribution in [1.29, 1.82) is 0 Å². The summed E-state index contributed by atoms with van der Waals surface area (Å²) in [4.78, 5) is 22.0. The lowest BCUT2D eigenvalue weighted by Crippen LogP contribution is -2.27. The van der Waals surface area contributed by atoms with Crippen LogP contribution >= 0.6 is 11.3 Å². The number of pyridine rings is 1. The van der Waals surface area contributed by atoms with Crippen LogP contribution < -0.4 is 5.32 Å². The molecule has 0 aliphatic carbocycles. The summed E-state index contributed by atoms with van der Waals surface area (Å²) in [6, 6.07) is 6.05. The van der Waals surface area contributed by atoms with Crippen LogP contribution in [0.3, 0.4) is 0 Å². The Morgan fingerprint density at radius 3 is 2.83 bits per heavy atom. The fourth-order valence-corrected chi connectivity index (χ4v) is 4.19. The lowest BCUT2D eigenvalue weighted by Gasteiger charge is -2.13. The van der Waals surface area contributed by atoms with Gasteiger partial charge in [0.25, 0.3) is 5.91 Å². The summed E-state index contributed by atoms with van der Waals surface area (Å²) in [6.45, 7) is 10.3. The molecular weight excluding hydrogens is 396 g/mol. The summed E-state index contributed by atoms with van der Waals surface area (Å²) in [5, 5.41) is 5.96. The number of aryl methyl sites for hydroxylation is 1. The van der Waals surface area contributed by atoms with E-state index >= 15 is 0 Å². The van der Waals surface area contributed by atoms with E-state index in [1.54, 1.807) is 18.4 Å². The number of amides is 1. The molecule has 160 valence electrons. The summed E-state index contributed by atoms with van der Waals surface area (Å²) < 4.78 is 7.24. The standard InChI is InChI=1S/C23H30N4O2S/c1-6-18-11-17(7-8-24-18)23-26-20(14-30-23)21-12-19(22(28)25-9-10-29-5)16(4)27(21)13-15(2)3/h7-8,11-12,14-15H,6,9-10,13H2,1-5H3,(H,25,28). The third-order valence-electron chi connectivity index (χ3n) is 4.94. The number of methoxy groups -OCH3 is 1. The van der Waals surface area contributed by atoms with Gasteiger partial charge in [-0.2, -0.15) is 0 Å². The van der Waals surface area contributed by atoms with Gasteiger partial charge < -0.3 is 14.6 Å². The molecule has 0 saturated carbocycles. The summed E-state index contributed by atoms with van der Waals surface area (Å²) in [6.07, 6.45) is 2.73. The molecule has 1 N–H and O–H groups in total. The average Bonchev–Trinajstić information content (AvgIpc) is 3.33. The smallest absolute Gasteiger partial charge is 0.253 e. The molecule has 0 aliphatic rings. The van der Waals surface area contributed by atoms with E-state index in [1.807, 2.05) is 25.3 Å². The van der Waals surface area contributed by atoms with Crippen molar-refractivity contribution < 1.29 is 9.53 Å². The molecule has 0 aliphatic heterocycles. The lowest BCUT2D eigenvalue weighted by molar-refractivity contribution is 0.0936. The predicted molar refractivity (Wildman–Crippen MR) is 122 cm³/mol. The topological polar surface area (TPSA) is 69.0 Å². The number of hydrogen-bond acceptors (Lipinski definition) is 5. The first-order chi connectivity index (χ1) is 14.4. The van der Waals surface area contributed by atoms with Gasteiger partial charge in [-0.15, -0.1) is 11.3 Å². The molecule has 3 rings (SSSR count). The molecule has 7 heteroatoms. The number of thiazole rings is 1. The summed E-state index contributed by atoms with van der Waals surface area (Å²) in [7, 11) is 1.63. The Bertz CT molecular complexity index is 1010. The van der Waals surface area contributed by atoms with Crippen LogP contribution in [0.15, 0.2) is 29.8 Å². The van der Waals surface area contributed by atoms with E-state index in [9.17, 15) is 4.79 Å². The number of aromatic nitrogens is 3. The quantitative estimate of drug-likeness (QED) is 0.509. The number of hydrogen-bond donors (Lipinski definition) is 1. The Morgan fingerprint density at radius 1 is 1.33 bits per heavy atom. The van der Waals surface area contributed by atoms with Crippen LogP contribution in [0.2, 0.25) is 0 Å².